The van der Waals surface area contributed by atoms with Crippen molar-refractivity contribution in [2.24, 2.45) is 0 Å². The van der Waals surface area contributed by atoms with Crippen LogP contribution in [-0.2, 0) is 16.1 Å². The van der Waals surface area contributed by atoms with E-state index in [1.807, 2.05) is 61.3 Å². The van der Waals surface area contributed by atoms with Crippen molar-refractivity contribution in [2.75, 3.05) is 25.5 Å². The Morgan fingerprint density at radius 1 is 1.24 bits per heavy atom. The second kappa shape index (κ2) is 9.49. The summed E-state index contributed by atoms with van der Waals surface area (Å²) in [7, 11) is 1.82. The molecule has 29 heavy (non-hydrogen) atoms. The summed E-state index contributed by atoms with van der Waals surface area (Å²) in [5.74, 6) is 0.0562. The number of nitrogens with one attached hydrogen (secondary N) is 1. The van der Waals surface area contributed by atoms with Crippen LogP contribution in [0.4, 0.5) is 5.69 Å². The third-order valence-electron chi connectivity index (χ3n) is 4.05. The van der Waals surface area contributed by atoms with Crippen LogP contribution in [0.5, 0.6) is 0 Å². The summed E-state index contributed by atoms with van der Waals surface area (Å²) >= 11 is 1.30. The highest BCUT2D eigenvalue weighted by atomic mass is 32.1. The highest BCUT2D eigenvalue weighted by Gasteiger charge is 2.20. The van der Waals surface area contributed by atoms with Crippen molar-refractivity contribution in [2.45, 2.75) is 20.4 Å². The highest BCUT2D eigenvalue weighted by Crippen LogP contribution is 2.35. The molecule has 0 saturated carbocycles. The van der Waals surface area contributed by atoms with E-state index < -0.39 is 5.97 Å². The van der Waals surface area contributed by atoms with E-state index in [0.717, 1.165) is 21.9 Å². The normalized spacial score (nSPS) is 10.9. The van der Waals surface area contributed by atoms with Crippen LogP contribution in [0.2, 0.25) is 0 Å². The van der Waals surface area contributed by atoms with Gasteiger partial charge in [0.25, 0.3) is 0 Å². The Hall–Kier alpha value is -2.97. The van der Waals surface area contributed by atoms with Crippen LogP contribution in [0.15, 0.2) is 47.0 Å². The fraction of sp³-hybridized carbons (Fsp3) is 0.286. The van der Waals surface area contributed by atoms with Gasteiger partial charge in [0.15, 0.2) is 0 Å². The molecular formula is C21H23N3O4S. The van der Waals surface area contributed by atoms with Crippen LogP contribution < -0.4 is 5.32 Å². The zero-order chi connectivity index (χ0) is 20.8. The summed E-state index contributed by atoms with van der Waals surface area (Å²) in [6.07, 6.45) is 0. The lowest BCUT2D eigenvalue weighted by Gasteiger charge is -2.14. The standard InChI is InChI=1S/C21H23N3O4S/c1-4-27-21(26)20-17(11-18(29-20)15-8-6-5-7-9-15)22-19(25)13-24(3)12-16-10-14(2)28-23-16/h5-11H,4,12-13H2,1-3H3,(H,22,25). The van der Waals surface area contributed by atoms with Crippen LogP contribution in [0, 0.1) is 6.92 Å². The number of ether oxygens (including phenoxy) is 1. The van der Waals surface area contributed by atoms with Gasteiger partial charge in [0.05, 0.1) is 24.5 Å². The molecule has 2 heterocycles. The van der Waals surface area contributed by atoms with E-state index in [4.69, 9.17) is 9.26 Å². The van der Waals surface area contributed by atoms with Gasteiger partial charge < -0.3 is 14.6 Å². The number of aryl methyl sites for hydroxylation is 1. The molecular weight excluding hydrogens is 390 g/mol. The number of amides is 1. The number of aromatic nitrogens is 1. The fourth-order valence-corrected chi connectivity index (χ4v) is 3.85. The van der Waals surface area contributed by atoms with E-state index in [2.05, 4.69) is 10.5 Å². The molecule has 3 aromatic rings. The Morgan fingerprint density at radius 3 is 2.66 bits per heavy atom. The molecule has 0 fully saturated rings. The van der Waals surface area contributed by atoms with Crippen molar-refractivity contribution < 1.29 is 18.8 Å². The van der Waals surface area contributed by atoms with Crippen LogP contribution >= 0.6 is 11.3 Å². The van der Waals surface area contributed by atoms with E-state index in [9.17, 15) is 9.59 Å². The van der Waals surface area contributed by atoms with Gasteiger partial charge in [0, 0.05) is 17.5 Å². The predicted octanol–water partition coefficient (Wildman–Crippen LogP) is 3.96. The lowest BCUT2D eigenvalue weighted by molar-refractivity contribution is -0.117. The SMILES string of the molecule is CCOC(=O)c1sc(-c2ccccc2)cc1NC(=O)CN(C)Cc1cc(C)on1. The average Bonchev–Trinajstić information content (AvgIpc) is 3.28. The van der Waals surface area contributed by atoms with Crippen molar-refractivity contribution in [3.05, 3.63) is 58.8 Å². The Morgan fingerprint density at radius 2 is 2.00 bits per heavy atom. The fourth-order valence-electron chi connectivity index (χ4n) is 2.84. The highest BCUT2D eigenvalue weighted by molar-refractivity contribution is 7.18. The van der Waals surface area contributed by atoms with Gasteiger partial charge in [-0.05, 0) is 32.5 Å². The Balaban J connectivity index is 1.73. The maximum absolute atomic E-state index is 12.6. The number of carbonyl (C=O) groups is 2. The summed E-state index contributed by atoms with van der Waals surface area (Å²) in [5, 5.41) is 6.78. The maximum Gasteiger partial charge on any atom is 0.350 e. The van der Waals surface area contributed by atoms with Crippen LogP contribution in [0.25, 0.3) is 10.4 Å². The molecule has 152 valence electrons. The number of benzene rings is 1. The second-order valence-corrected chi connectivity index (χ2v) is 7.64. The van der Waals surface area contributed by atoms with E-state index in [1.54, 1.807) is 6.92 Å². The van der Waals surface area contributed by atoms with Gasteiger partial charge in [0.1, 0.15) is 10.6 Å². The number of hydrogen-bond acceptors (Lipinski definition) is 7. The summed E-state index contributed by atoms with van der Waals surface area (Å²) in [5.41, 5.74) is 2.19. The molecule has 1 amide bonds. The molecule has 0 atom stereocenters. The summed E-state index contributed by atoms with van der Waals surface area (Å²) in [4.78, 5) is 28.0. The molecule has 1 N–H and O–H groups in total. The Labute approximate surface area is 173 Å². The number of rotatable bonds is 8. The predicted molar refractivity (Wildman–Crippen MR) is 112 cm³/mol. The zero-order valence-corrected chi connectivity index (χ0v) is 17.4. The topological polar surface area (TPSA) is 84.7 Å². The van der Waals surface area contributed by atoms with E-state index in [0.29, 0.717) is 17.1 Å². The van der Waals surface area contributed by atoms with Crippen molar-refractivity contribution in [1.29, 1.82) is 0 Å². The van der Waals surface area contributed by atoms with Crippen LogP contribution in [-0.4, -0.2) is 42.1 Å². The molecule has 8 heteroatoms. The van der Waals surface area contributed by atoms with Gasteiger partial charge in [-0.1, -0.05) is 35.5 Å². The summed E-state index contributed by atoms with van der Waals surface area (Å²) in [6.45, 7) is 4.47. The first-order valence-electron chi connectivity index (χ1n) is 9.23. The van der Waals surface area contributed by atoms with Crippen molar-refractivity contribution in [3.63, 3.8) is 0 Å². The summed E-state index contributed by atoms with van der Waals surface area (Å²) < 4.78 is 10.2. The average molecular weight is 413 g/mol. The molecule has 2 aromatic heterocycles. The van der Waals surface area contributed by atoms with Crippen LogP contribution in [0.1, 0.15) is 28.0 Å². The van der Waals surface area contributed by atoms with Gasteiger partial charge in [0.2, 0.25) is 5.91 Å². The third-order valence-corrected chi connectivity index (χ3v) is 5.21. The Bertz CT molecular complexity index is 981. The Kier molecular flexibility index (Phi) is 6.79. The number of likely N-dealkylation sites (N-methyl/N-ethyl adjacent to an activating group) is 1. The van der Waals surface area contributed by atoms with E-state index >= 15 is 0 Å². The monoisotopic (exact) mass is 413 g/mol. The number of hydrogen-bond donors (Lipinski definition) is 1. The number of thiophene rings is 1. The maximum atomic E-state index is 12.6. The third kappa shape index (κ3) is 5.52. The number of anilines is 1. The lowest BCUT2D eigenvalue weighted by Crippen LogP contribution is -2.30. The van der Waals surface area contributed by atoms with Gasteiger partial charge in [-0.15, -0.1) is 11.3 Å². The molecule has 0 aliphatic carbocycles. The van der Waals surface area contributed by atoms with Crippen LogP contribution in [0.3, 0.4) is 0 Å². The van der Waals surface area contributed by atoms with Gasteiger partial charge in [-0.25, -0.2) is 4.79 Å². The first-order valence-corrected chi connectivity index (χ1v) is 10.0. The van der Waals surface area contributed by atoms with Crippen molar-refractivity contribution >= 4 is 28.9 Å². The molecule has 1 aromatic carbocycles. The van der Waals surface area contributed by atoms with Gasteiger partial charge in [-0.2, -0.15) is 0 Å². The minimum Gasteiger partial charge on any atom is -0.462 e. The molecule has 0 bridgehead atoms. The minimum atomic E-state index is -0.443. The molecule has 3 rings (SSSR count). The molecule has 7 nitrogen and oxygen atoms in total. The quantitative estimate of drug-likeness (QED) is 0.563. The largest absolute Gasteiger partial charge is 0.462 e. The molecule has 0 aliphatic rings. The first-order chi connectivity index (χ1) is 14.0. The van der Waals surface area contributed by atoms with Gasteiger partial charge in [-0.3, -0.25) is 9.69 Å². The number of carbonyl (C=O) groups excluding carboxylic acids is 2. The smallest absolute Gasteiger partial charge is 0.350 e. The molecule has 0 unspecified atom stereocenters. The minimum absolute atomic E-state index is 0.144. The molecule has 0 spiro atoms. The van der Waals surface area contributed by atoms with E-state index in [-0.39, 0.29) is 19.1 Å². The second-order valence-electron chi connectivity index (χ2n) is 6.59. The first kappa shape index (κ1) is 20.8. The molecule has 0 aliphatic heterocycles. The lowest BCUT2D eigenvalue weighted by atomic mass is 10.2. The summed E-state index contributed by atoms with van der Waals surface area (Å²) in [6, 6.07) is 13.3. The van der Waals surface area contributed by atoms with Crippen molar-refractivity contribution in [1.82, 2.24) is 10.1 Å². The van der Waals surface area contributed by atoms with Crippen molar-refractivity contribution in [3.8, 4) is 10.4 Å². The number of esters is 1. The molecule has 0 saturated heterocycles. The zero-order valence-electron chi connectivity index (χ0n) is 16.6. The van der Waals surface area contributed by atoms with E-state index in [1.165, 1.54) is 11.3 Å². The van der Waals surface area contributed by atoms with Gasteiger partial charge >= 0.3 is 5.97 Å². The number of nitrogens with zero attached hydrogens (tertiary/aromatic N) is 2. The molecule has 0 radical (unpaired) electrons.